The van der Waals surface area contributed by atoms with Gasteiger partial charge in [0.2, 0.25) is 5.91 Å². The third-order valence-corrected chi connectivity index (χ3v) is 5.75. The van der Waals surface area contributed by atoms with Crippen molar-refractivity contribution in [3.05, 3.63) is 53.6 Å². The molecule has 27 heavy (non-hydrogen) atoms. The molecule has 1 aromatic heterocycles. The van der Waals surface area contributed by atoms with Crippen LogP contribution in [0.15, 0.2) is 48.5 Å². The van der Waals surface area contributed by atoms with E-state index in [9.17, 15) is 4.79 Å². The van der Waals surface area contributed by atoms with Crippen LogP contribution in [-0.4, -0.2) is 21.7 Å². The summed E-state index contributed by atoms with van der Waals surface area (Å²) < 4.78 is 1.79. The van der Waals surface area contributed by atoms with Crippen LogP contribution in [0.25, 0.3) is 22.2 Å². The zero-order chi connectivity index (χ0) is 18.8. The molecule has 1 saturated carbocycles. The summed E-state index contributed by atoms with van der Waals surface area (Å²) in [5, 5.41) is 9.60. The van der Waals surface area contributed by atoms with Crippen molar-refractivity contribution in [3.63, 3.8) is 0 Å². The van der Waals surface area contributed by atoms with Crippen LogP contribution in [0.5, 0.6) is 0 Å². The Labute approximate surface area is 164 Å². The number of rotatable bonds is 4. The molecule has 3 aromatic rings. The molecule has 0 saturated heterocycles. The van der Waals surface area contributed by atoms with E-state index in [0.29, 0.717) is 10.9 Å². The molecular weight excluding hydrogens is 358 g/mol. The third-order valence-electron chi connectivity index (χ3n) is 5.51. The van der Waals surface area contributed by atoms with Gasteiger partial charge < -0.3 is 5.32 Å². The van der Waals surface area contributed by atoms with Crippen molar-refractivity contribution in [1.29, 1.82) is 0 Å². The van der Waals surface area contributed by atoms with Gasteiger partial charge in [-0.1, -0.05) is 61.7 Å². The fraction of sp³-hybridized carbons (Fsp3) is 0.364. The summed E-state index contributed by atoms with van der Waals surface area (Å²) in [4.78, 5) is 12.7. The minimum absolute atomic E-state index is 0.0210. The van der Waals surface area contributed by atoms with Crippen molar-refractivity contribution in [1.82, 2.24) is 15.1 Å². The van der Waals surface area contributed by atoms with E-state index in [0.717, 1.165) is 28.6 Å². The summed E-state index contributed by atoms with van der Waals surface area (Å²) in [5.41, 5.74) is 2.79. The van der Waals surface area contributed by atoms with Crippen molar-refractivity contribution >= 4 is 28.4 Å². The summed E-state index contributed by atoms with van der Waals surface area (Å²) >= 11 is 6.22. The summed E-state index contributed by atoms with van der Waals surface area (Å²) in [6.45, 7) is 2.44. The number of amides is 1. The standard InChI is InChI=1S/C22H24ClN3O/c1-15-7-5-6-10-19(15)24-21(27)14-26-20-12-11-17(23)13-18(20)22(25-26)16-8-3-2-4-9-16/h2-4,8-9,11-13,15,19H,5-7,10,14H2,1H3,(H,24,27)/t15-,19+/m0/s1. The fourth-order valence-corrected chi connectivity index (χ4v) is 4.17. The van der Waals surface area contributed by atoms with Crippen LogP contribution in [0.3, 0.4) is 0 Å². The smallest absolute Gasteiger partial charge is 0.241 e. The number of fused-ring (bicyclic) bond motifs is 1. The Balaban J connectivity index is 1.63. The molecule has 140 valence electrons. The topological polar surface area (TPSA) is 46.9 Å². The Morgan fingerprint density at radius 1 is 1.19 bits per heavy atom. The molecule has 0 unspecified atom stereocenters. The first-order valence-corrected chi connectivity index (χ1v) is 10.0. The van der Waals surface area contributed by atoms with Gasteiger partial charge in [-0.2, -0.15) is 5.10 Å². The van der Waals surface area contributed by atoms with Gasteiger partial charge in [0.25, 0.3) is 0 Å². The highest BCUT2D eigenvalue weighted by Gasteiger charge is 2.23. The van der Waals surface area contributed by atoms with E-state index in [1.165, 1.54) is 19.3 Å². The van der Waals surface area contributed by atoms with Gasteiger partial charge in [-0.15, -0.1) is 0 Å². The fourth-order valence-electron chi connectivity index (χ4n) is 4.00. The number of halogens is 1. The number of aromatic nitrogens is 2. The zero-order valence-electron chi connectivity index (χ0n) is 15.5. The molecule has 0 bridgehead atoms. The molecule has 4 rings (SSSR count). The Hall–Kier alpha value is -2.33. The van der Waals surface area contributed by atoms with Gasteiger partial charge >= 0.3 is 0 Å². The number of carbonyl (C=O) groups is 1. The molecule has 0 radical (unpaired) electrons. The zero-order valence-corrected chi connectivity index (χ0v) is 16.2. The van der Waals surface area contributed by atoms with Crippen molar-refractivity contribution in [2.24, 2.45) is 5.92 Å². The number of hydrogen-bond donors (Lipinski definition) is 1. The van der Waals surface area contributed by atoms with Crippen molar-refractivity contribution in [2.45, 2.75) is 45.2 Å². The van der Waals surface area contributed by atoms with Crippen LogP contribution < -0.4 is 5.32 Å². The van der Waals surface area contributed by atoms with Gasteiger partial charge in [-0.25, -0.2) is 0 Å². The predicted octanol–water partition coefficient (Wildman–Crippen LogP) is 5.05. The molecule has 1 fully saturated rings. The number of nitrogens with one attached hydrogen (secondary N) is 1. The third kappa shape index (κ3) is 3.86. The van der Waals surface area contributed by atoms with E-state index in [2.05, 4.69) is 12.2 Å². The first kappa shape index (κ1) is 18.1. The maximum Gasteiger partial charge on any atom is 0.241 e. The quantitative estimate of drug-likeness (QED) is 0.687. The lowest BCUT2D eigenvalue weighted by molar-refractivity contribution is -0.123. The summed E-state index contributed by atoms with van der Waals surface area (Å²) in [6.07, 6.45) is 4.71. The lowest BCUT2D eigenvalue weighted by Crippen LogP contribution is -2.42. The Bertz CT molecular complexity index is 951. The summed E-state index contributed by atoms with van der Waals surface area (Å²) in [7, 11) is 0. The number of hydrogen-bond acceptors (Lipinski definition) is 2. The highest BCUT2D eigenvalue weighted by atomic mass is 35.5. The normalized spacial score (nSPS) is 19.9. The second kappa shape index (κ2) is 7.73. The molecule has 4 nitrogen and oxygen atoms in total. The lowest BCUT2D eigenvalue weighted by Gasteiger charge is -2.29. The largest absolute Gasteiger partial charge is 0.351 e. The van der Waals surface area contributed by atoms with Gasteiger partial charge in [0.05, 0.1) is 5.52 Å². The van der Waals surface area contributed by atoms with Crippen molar-refractivity contribution in [2.75, 3.05) is 0 Å². The number of nitrogens with zero attached hydrogens (tertiary/aromatic N) is 2. The van der Waals surface area contributed by atoms with E-state index >= 15 is 0 Å². The highest BCUT2D eigenvalue weighted by molar-refractivity contribution is 6.31. The molecule has 2 aromatic carbocycles. The number of benzene rings is 2. The Morgan fingerprint density at radius 3 is 2.74 bits per heavy atom. The average molecular weight is 382 g/mol. The SMILES string of the molecule is C[C@H]1CCCC[C@H]1NC(=O)Cn1nc(-c2ccccc2)c2cc(Cl)ccc21. The minimum Gasteiger partial charge on any atom is -0.351 e. The lowest BCUT2D eigenvalue weighted by atomic mass is 9.86. The first-order chi connectivity index (χ1) is 13.1. The maximum atomic E-state index is 12.7. The van der Waals surface area contributed by atoms with Crippen LogP contribution in [0.2, 0.25) is 5.02 Å². The molecule has 5 heteroatoms. The van der Waals surface area contributed by atoms with E-state index < -0.39 is 0 Å². The first-order valence-electron chi connectivity index (χ1n) is 9.62. The monoisotopic (exact) mass is 381 g/mol. The molecule has 1 N–H and O–H groups in total. The van der Waals surface area contributed by atoms with Gasteiger partial charge in [0.15, 0.2) is 0 Å². The molecule has 0 spiro atoms. The minimum atomic E-state index is 0.0210. The average Bonchev–Trinajstić information content (AvgIpc) is 3.02. The summed E-state index contributed by atoms with van der Waals surface area (Å²) in [6, 6.07) is 16.0. The Kier molecular flexibility index (Phi) is 5.17. The van der Waals surface area contributed by atoms with Crippen LogP contribution >= 0.6 is 11.6 Å². The van der Waals surface area contributed by atoms with E-state index in [4.69, 9.17) is 16.7 Å². The van der Waals surface area contributed by atoms with Crippen molar-refractivity contribution in [3.8, 4) is 11.3 Å². The van der Waals surface area contributed by atoms with Crippen LogP contribution in [0, 0.1) is 5.92 Å². The van der Waals surface area contributed by atoms with E-state index in [1.807, 2.05) is 48.5 Å². The molecule has 1 amide bonds. The van der Waals surface area contributed by atoms with Gasteiger partial charge in [0.1, 0.15) is 12.2 Å². The van der Waals surface area contributed by atoms with Gasteiger partial charge in [0, 0.05) is 22.0 Å². The van der Waals surface area contributed by atoms with E-state index in [1.54, 1.807) is 4.68 Å². The molecule has 1 aliphatic rings. The van der Waals surface area contributed by atoms with Crippen LogP contribution in [-0.2, 0) is 11.3 Å². The second-order valence-corrected chi connectivity index (χ2v) is 7.91. The summed E-state index contributed by atoms with van der Waals surface area (Å²) in [5.74, 6) is 0.559. The molecule has 1 aliphatic carbocycles. The molecule has 2 atom stereocenters. The predicted molar refractivity (Wildman–Crippen MR) is 110 cm³/mol. The van der Waals surface area contributed by atoms with Crippen LogP contribution in [0.1, 0.15) is 32.6 Å². The Morgan fingerprint density at radius 2 is 1.96 bits per heavy atom. The van der Waals surface area contributed by atoms with Gasteiger partial charge in [-0.05, 0) is 37.0 Å². The molecular formula is C22H24ClN3O. The van der Waals surface area contributed by atoms with Crippen molar-refractivity contribution < 1.29 is 4.79 Å². The van der Waals surface area contributed by atoms with Crippen LogP contribution in [0.4, 0.5) is 0 Å². The van der Waals surface area contributed by atoms with E-state index in [-0.39, 0.29) is 18.5 Å². The number of carbonyl (C=O) groups excluding carboxylic acids is 1. The highest BCUT2D eigenvalue weighted by Crippen LogP contribution is 2.30. The second-order valence-electron chi connectivity index (χ2n) is 7.47. The van der Waals surface area contributed by atoms with Gasteiger partial charge in [-0.3, -0.25) is 9.48 Å². The molecule has 0 aliphatic heterocycles. The maximum absolute atomic E-state index is 12.7. The molecule has 1 heterocycles.